The molecule has 0 heterocycles. The molecule has 24 heavy (non-hydrogen) atoms. The third kappa shape index (κ3) is 4.04. The summed E-state index contributed by atoms with van der Waals surface area (Å²) in [7, 11) is -1.88. The molecule has 1 unspecified atom stereocenters. The number of benzene rings is 2. The molecule has 130 valence electrons. The van der Waals surface area contributed by atoms with Gasteiger partial charge in [0.15, 0.2) is 0 Å². The van der Waals surface area contributed by atoms with Crippen molar-refractivity contribution in [1.29, 1.82) is 0 Å². The van der Waals surface area contributed by atoms with Crippen LogP contribution in [0.1, 0.15) is 30.6 Å². The largest absolute Gasteiger partial charge is 0.496 e. The maximum Gasteiger partial charge on any atom is 0.342 e. The fourth-order valence-corrected chi connectivity index (χ4v) is 5.27. The second kappa shape index (κ2) is 8.72. The Labute approximate surface area is 149 Å². The molecule has 2 aromatic carbocycles. The summed E-state index contributed by atoms with van der Waals surface area (Å²) in [5.41, 5.74) is 0.935. The van der Waals surface area contributed by atoms with Crippen LogP contribution in [-0.4, -0.2) is 20.3 Å². The Morgan fingerprint density at radius 3 is 2.04 bits per heavy atom. The highest BCUT2D eigenvalue weighted by molar-refractivity contribution is 7.80. The number of methoxy groups -OCH3 is 1. The van der Waals surface area contributed by atoms with Crippen molar-refractivity contribution in [3.05, 3.63) is 59.7 Å². The highest BCUT2D eigenvalue weighted by atomic mass is 32.1. The first-order chi connectivity index (χ1) is 11.6. The van der Waals surface area contributed by atoms with E-state index >= 15 is 0 Å². The lowest BCUT2D eigenvalue weighted by Crippen LogP contribution is -2.10. The van der Waals surface area contributed by atoms with Gasteiger partial charge in [0.1, 0.15) is 11.4 Å². The molecule has 0 bridgehead atoms. The van der Waals surface area contributed by atoms with Crippen LogP contribution in [0.15, 0.2) is 53.4 Å². The van der Waals surface area contributed by atoms with Crippen LogP contribution in [0.25, 0.3) is 0 Å². The van der Waals surface area contributed by atoms with E-state index in [4.69, 9.17) is 13.8 Å². The number of rotatable bonds is 8. The molecule has 0 aliphatic rings. The molecule has 0 amide bonds. The van der Waals surface area contributed by atoms with Gasteiger partial charge in [0, 0.05) is 10.5 Å². The third-order valence-electron chi connectivity index (χ3n) is 3.60. The van der Waals surface area contributed by atoms with E-state index in [1.165, 1.54) is 0 Å². The van der Waals surface area contributed by atoms with Gasteiger partial charge in [0.2, 0.25) is 0 Å². The lowest BCUT2D eigenvalue weighted by atomic mass is 10.0. The standard InChI is InChI=1S/C18H23O4PS/c1-4-21-23(19,22-5-2)18(15-11-7-9-13-17(15)24)14-10-6-8-12-16(14)20-3/h6-13,18,24H,4-5H2,1-3H3. The Hall–Kier alpha value is -1.26. The van der Waals surface area contributed by atoms with Gasteiger partial charge in [-0.2, -0.15) is 0 Å². The number of para-hydroxylation sites is 1. The van der Waals surface area contributed by atoms with Crippen molar-refractivity contribution < 1.29 is 18.3 Å². The van der Waals surface area contributed by atoms with Crippen molar-refractivity contribution in [2.45, 2.75) is 24.4 Å². The Morgan fingerprint density at radius 2 is 1.50 bits per heavy atom. The first kappa shape index (κ1) is 19.1. The predicted octanol–water partition coefficient (Wildman–Crippen LogP) is 5.34. The van der Waals surface area contributed by atoms with Crippen molar-refractivity contribution >= 4 is 20.2 Å². The molecule has 0 N–H and O–H groups in total. The van der Waals surface area contributed by atoms with Crippen LogP contribution >= 0.6 is 20.2 Å². The normalized spacial score (nSPS) is 12.8. The van der Waals surface area contributed by atoms with Crippen LogP contribution in [0.4, 0.5) is 0 Å². The molecule has 0 saturated heterocycles. The van der Waals surface area contributed by atoms with Gasteiger partial charge in [-0.1, -0.05) is 36.4 Å². The quantitative estimate of drug-likeness (QED) is 0.506. The molecule has 2 aromatic rings. The maximum absolute atomic E-state index is 13.6. The second-order valence-electron chi connectivity index (χ2n) is 5.08. The molecule has 1 atom stereocenters. The van der Waals surface area contributed by atoms with Crippen molar-refractivity contribution in [1.82, 2.24) is 0 Å². The van der Waals surface area contributed by atoms with E-state index in [1.807, 2.05) is 48.5 Å². The minimum Gasteiger partial charge on any atom is -0.496 e. The average molecular weight is 366 g/mol. The highest BCUT2D eigenvalue weighted by Crippen LogP contribution is 2.65. The molecule has 0 saturated carbocycles. The zero-order chi connectivity index (χ0) is 17.6. The molecule has 4 nitrogen and oxygen atoms in total. The first-order valence-electron chi connectivity index (χ1n) is 7.87. The number of hydrogen-bond acceptors (Lipinski definition) is 5. The van der Waals surface area contributed by atoms with Gasteiger partial charge in [0.25, 0.3) is 0 Å². The van der Waals surface area contributed by atoms with Crippen LogP contribution in [0.2, 0.25) is 0 Å². The summed E-state index contributed by atoms with van der Waals surface area (Å²) in [6.07, 6.45) is 0. The van der Waals surface area contributed by atoms with E-state index in [-0.39, 0.29) is 13.2 Å². The molecule has 0 spiro atoms. The third-order valence-corrected chi connectivity index (χ3v) is 6.43. The fraction of sp³-hybridized carbons (Fsp3) is 0.333. The minimum atomic E-state index is -3.47. The summed E-state index contributed by atoms with van der Waals surface area (Å²) in [6, 6.07) is 15.0. The molecule has 0 aliphatic carbocycles. The summed E-state index contributed by atoms with van der Waals surface area (Å²) in [4.78, 5) is 0.730. The molecular formula is C18H23O4PS. The first-order valence-corrected chi connectivity index (χ1v) is 9.92. The summed E-state index contributed by atoms with van der Waals surface area (Å²) in [6.45, 7) is 4.18. The lowest BCUT2D eigenvalue weighted by Gasteiger charge is -2.28. The lowest BCUT2D eigenvalue weighted by molar-refractivity contribution is 0.214. The van der Waals surface area contributed by atoms with Crippen molar-refractivity contribution in [2.75, 3.05) is 20.3 Å². The van der Waals surface area contributed by atoms with Gasteiger partial charge in [0.05, 0.1) is 20.3 Å². The van der Waals surface area contributed by atoms with Crippen LogP contribution in [0, 0.1) is 0 Å². The number of ether oxygens (including phenoxy) is 1. The molecule has 6 heteroatoms. The molecule has 0 fully saturated rings. The van der Waals surface area contributed by atoms with Gasteiger partial charge >= 0.3 is 7.60 Å². The van der Waals surface area contributed by atoms with Crippen LogP contribution in [-0.2, 0) is 13.6 Å². The van der Waals surface area contributed by atoms with Crippen LogP contribution < -0.4 is 4.74 Å². The molecule has 0 aromatic heterocycles. The van der Waals surface area contributed by atoms with Crippen molar-refractivity contribution in [2.24, 2.45) is 0 Å². The Kier molecular flexibility index (Phi) is 6.93. The fourth-order valence-electron chi connectivity index (χ4n) is 2.67. The van der Waals surface area contributed by atoms with E-state index in [0.29, 0.717) is 5.75 Å². The summed E-state index contributed by atoms with van der Waals surface area (Å²) in [5.74, 6) is 0.638. The zero-order valence-corrected chi connectivity index (χ0v) is 15.9. The van der Waals surface area contributed by atoms with Crippen molar-refractivity contribution in [3.63, 3.8) is 0 Å². The Balaban J connectivity index is 2.70. The van der Waals surface area contributed by atoms with Crippen LogP contribution in [0.3, 0.4) is 0 Å². The van der Waals surface area contributed by atoms with Crippen LogP contribution in [0.5, 0.6) is 5.75 Å². The van der Waals surface area contributed by atoms with Gasteiger partial charge in [-0.3, -0.25) is 4.57 Å². The van der Waals surface area contributed by atoms with E-state index in [9.17, 15) is 4.57 Å². The van der Waals surface area contributed by atoms with Crippen molar-refractivity contribution in [3.8, 4) is 5.75 Å². The topological polar surface area (TPSA) is 44.8 Å². The minimum absolute atomic E-state index is 0.289. The second-order valence-corrected chi connectivity index (χ2v) is 7.67. The molecule has 0 radical (unpaired) electrons. The summed E-state index contributed by atoms with van der Waals surface area (Å²) < 4.78 is 30.4. The monoisotopic (exact) mass is 366 g/mol. The molecular weight excluding hydrogens is 343 g/mol. The van der Waals surface area contributed by atoms with Gasteiger partial charge in [-0.15, -0.1) is 12.6 Å². The molecule has 2 rings (SSSR count). The summed E-state index contributed by atoms with van der Waals surface area (Å²) in [5, 5.41) is 0. The summed E-state index contributed by atoms with van der Waals surface area (Å²) >= 11 is 4.55. The maximum atomic E-state index is 13.6. The smallest absolute Gasteiger partial charge is 0.342 e. The van der Waals surface area contributed by atoms with E-state index in [2.05, 4.69) is 12.6 Å². The Morgan fingerprint density at radius 1 is 0.958 bits per heavy atom. The Bertz CT molecular complexity index is 710. The SMILES string of the molecule is CCOP(=O)(OCC)C(c1ccccc1S)c1ccccc1OC. The predicted molar refractivity (Wildman–Crippen MR) is 99.4 cm³/mol. The van der Waals surface area contributed by atoms with Gasteiger partial charge in [-0.05, 0) is 31.5 Å². The zero-order valence-electron chi connectivity index (χ0n) is 14.1. The number of hydrogen-bond donors (Lipinski definition) is 1. The van der Waals surface area contributed by atoms with E-state index < -0.39 is 13.3 Å². The average Bonchev–Trinajstić information content (AvgIpc) is 2.57. The van der Waals surface area contributed by atoms with E-state index in [1.54, 1.807) is 21.0 Å². The molecule has 0 aliphatic heterocycles. The number of thiol groups is 1. The van der Waals surface area contributed by atoms with Gasteiger partial charge in [-0.25, -0.2) is 0 Å². The highest BCUT2D eigenvalue weighted by Gasteiger charge is 2.40. The van der Waals surface area contributed by atoms with E-state index in [0.717, 1.165) is 16.0 Å². The van der Waals surface area contributed by atoms with Gasteiger partial charge < -0.3 is 13.8 Å².